The van der Waals surface area contributed by atoms with Crippen molar-refractivity contribution in [2.45, 2.75) is 51.0 Å². The fourth-order valence-electron chi connectivity index (χ4n) is 4.29. The predicted molar refractivity (Wildman–Crippen MR) is 72.1 cm³/mol. The Kier molecular flexibility index (Phi) is 3.47. The normalized spacial score (nSPS) is 40.2. The van der Waals surface area contributed by atoms with E-state index in [2.05, 4.69) is 20.8 Å². The van der Waals surface area contributed by atoms with Gasteiger partial charge in [-0.05, 0) is 49.9 Å². The first-order valence-electron chi connectivity index (χ1n) is 7.13. The highest BCUT2D eigenvalue weighted by Gasteiger charge is 2.41. The SMILES string of the molecule is O=C(CC1CC2CCC1C2)N1CCCC1CBr. The van der Waals surface area contributed by atoms with E-state index in [0.717, 1.165) is 36.0 Å². The monoisotopic (exact) mass is 299 g/mol. The molecule has 2 saturated carbocycles. The Morgan fingerprint density at radius 3 is 2.76 bits per heavy atom. The van der Waals surface area contributed by atoms with Crippen molar-refractivity contribution in [3.63, 3.8) is 0 Å². The summed E-state index contributed by atoms with van der Waals surface area (Å²) in [5, 5.41) is 0.954. The minimum absolute atomic E-state index is 0.435. The first-order valence-corrected chi connectivity index (χ1v) is 8.25. The third-order valence-corrected chi connectivity index (χ3v) is 5.94. The number of halogens is 1. The lowest BCUT2D eigenvalue weighted by Crippen LogP contribution is -2.37. The molecule has 1 heterocycles. The highest BCUT2D eigenvalue weighted by Crippen LogP contribution is 2.49. The maximum absolute atomic E-state index is 12.4. The fourth-order valence-corrected chi connectivity index (χ4v) is 4.97. The van der Waals surface area contributed by atoms with Crippen LogP contribution in [0.5, 0.6) is 0 Å². The molecular weight excluding hydrogens is 278 g/mol. The van der Waals surface area contributed by atoms with Crippen molar-refractivity contribution in [3.05, 3.63) is 0 Å². The summed E-state index contributed by atoms with van der Waals surface area (Å²) in [5.41, 5.74) is 0. The Morgan fingerprint density at radius 2 is 2.12 bits per heavy atom. The zero-order valence-corrected chi connectivity index (χ0v) is 12.0. The van der Waals surface area contributed by atoms with Crippen LogP contribution < -0.4 is 0 Å². The lowest BCUT2D eigenvalue weighted by atomic mass is 9.86. The average molecular weight is 300 g/mol. The number of likely N-dealkylation sites (tertiary alicyclic amines) is 1. The summed E-state index contributed by atoms with van der Waals surface area (Å²) < 4.78 is 0. The van der Waals surface area contributed by atoms with Crippen molar-refractivity contribution < 1.29 is 4.79 Å². The van der Waals surface area contributed by atoms with Gasteiger partial charge in [-0.1, -0.05) is 22.4 Å². The summed E-state index contributed by atoms with van der Waals surface area (Å²) in [4.78, 5) is 14.5. The van der Waals surface area contributed by atoms with Crippen LogP contribution in [-0.4, -0.2) is 28.7 Å². The smallest absolute Gasteiger partial charge is 0.223 e. The molecule has 3 fully saturated rings. The number of hydrogen-bond donors (Lipinski definition) is 0. The molecule has 2 bridgehead atoms. The first kappa shape index (κ1) is 12.0. The Balaban J connectivity index is 1.56. The van der Waals surface area contributed by atoms with Crippen LogP contribution in [-0.2, 0) is 4.79 Å². The molecule has 96 valence electrons. The molecule has 1 aliphatic heterocycles. The van der Waals surface area contributed by atoms with E-state index >= 15 is 0 Å². The topological polar surface area (TPSA) is 20.3 Å². The van der Waals surface area contributed by atoms with Gasteiger partial charge in [0.25, 0.3) is 0 Å². The summed E-state index contributed by atoms with van der Waals surface area (Å²) in [7, 11) is 0. The average Bonchev–Trinajstić information content (AvgIpc) is 3.04. The highest BCUT2D eigenvalue weighted by molar-refractivity contribution is 9.09. The first-order chi connectivity index (χ1) is 8.28. The van der Waals surface area contributed by atoms with Gasteiger partial charge < -0.3 is 4.90 Å². The minimum Gasteiger partial charge on any atom is -0.339 e. The molecule has 0 aromatic rings. The Labute approximate surface area is 112 Å². The molecule has 4 unspecified atom stereocenters. The Morgan fingerprint density at radius 1 is 1.24 bits per heavy atom. The van der Waals surface area contributed by atoms with E-state index in [9.17, 15) is 4.79 Å². The zero-order chi connectivity index (χ0) is 11.8. The third kappa shape index (κ3) is 2.27. The molecular formula is C14H22BrNO. The second-order valence-electron chi connectivity index (χ2n) is 6.18. The van der Waals surface area contributed by atoms with Crippen molar-refractivity contribution in [2.75, 3.05) is 11.9 Å². The number of rotatable bonds is 3. The molecule has 0 N–H and O–H groups in total. The maximum atomic E-state index is 12.4. The van der Waals surface area contributed by atoms with E-state index < -0.39 is 0 Å². The van der Waals surface area contributed by atoms with Crippen LogP contribution in [0.25, 0.3) is 0 Å². The van der Waals surface area contributed by atoms with Gasteiger partial charge in [0.1, 0.15) is 0 Å². The quantitative estimate of drug-likeness (QED) is 0.733. The fraction of sp³-hybridized carbons (Fsp3) is 0.929. The molecule has 3 rings (SSSR count). The van der Waals surface area contributed by atoms with Gasteiger partial charge in [0, 0.05) is 24.3 Å². The third-order valence-electron chi connectivity index (χ3n) is 5.20. The van der Waals surface area contributed by atoms with E-state index in [1.54, 1.807) is 0 Å². The van der Waals surface area contributed by atoms with Gasteiger partial charge in [-0.3, -0.25) is 4.79 Å². The van der Waals surface area contributed by atoms with Crippen LogP contribution in [0.1, 0.15) is 44.9 Å². The van der Waals surface area contributed by atoms with Crippen LogP contribution in [0.15, 0.2) is 0 Å². The van der Waals surface area contributed by atoms with Gasteiger partial charge in [0.2, 0.25) is 5.91 Å². The molecule has 3 aliphatic rings. The van der Waals surface area contributed by atoms with E-state index in [-0.39, 0.29) is 0 Å². The summed E-state index contributed by atoms with van der Waals surface area (Å²) in [6.45, 7) is 0.996. The van der Waals surface area contributed by atoms with Crippen molar-refractivity contribution in [1.29, 1.82) is 0 Å². The van der Waals surface area contributed by atoms with Gasteiger partial charge in [-0.15, -0.1) is 0 Å². The molecule has 2 aliphatic carbocycles. The number of nitrogens with zero attached hydrogens (tertiary/aromatic N) is 1. The number of carbonyl (C=O) groups excluding carboxylic acids is 1. The largest absolute Gasteiger partial charge is 0.339 e. The summed E-state index contributed by atoms with van der Waals surface area (Å²) in [6.07, 6.45) is 8.80. The van der Waals surface area contributed by atoms with Crippen molar-refractivity contribution >= 4 is 21.8 Å². The van der Waals surface area contributed by atoms with Crippen molar-refractivity contribution in [1.82, 2.24) is 4.90 Å². The highest BCUT2D eigenvalue weighted by atomic mass is 79.9. The van der Waals surface area contributed by atoms with Gasteiger partial charge in [-0.25, -0.2) is 0 Å². The van der Waals surface area contributed by atoms with Gasteiger partial charge in [0.05, 0.1) is 0 Å². The number of fused-ring (bicyclic) bond motifs is 2. The molecule has 1 amide bonds. The van der Waals surface area contributed by atoms with E-state index in [4.69, 9.17) is 0 Å². The molecule has 1 saturated heterocycles. The standard InChI is InChI=1S/C14H22BrNO/c15-9-13-2-1-5-16(13)14(17)8-12-7-10-3-4-11(12)6-10/h10-13H,1-9H2. The van der Waals surface area contributed by atoms with Crippen LogP contribution in [0, 0.1) is 17.8 Å². The van der Waals surface area contributed by atoms with Crippen LogP contribution in [0.3, 0.4) is 0 Å². The number of amides is 1. The van der Waals surface area contributed by atoms with E-state index in [1.807, 2.05) is 0 Å². The number of carbonyl (C=O) groups is 1. The van der Waals surface area contributed by atoms with Crippen LogP contribution in [0.4, 0.5) is 0 Å². The van der Waals surface area contributed by atoms with Crippen LogP contribution in [0.2, 0.25) is 0 Å². The van der Waals surface area contributed by atoms with Crippen molar-refractivity contribution in [2.24, 2.45) is 17.8 Å². The molecule has 0 spiro atoms. The Bertz CT molecular complexity index is 307. The van der Waals surface area contributed by atoms with Gasteiger partial charge in [0.15, 0.2) is 0 Å². The van der Waals surface area contributed by atoms with Crippen LogP contribution >= 0.6 is 15.9 Å². The zero-order valence-electron chi connectivity index (χ0n) is 10.4. The Hall–Kier alpha value is -0.0500. The van der Waals surface area contributed by atoms with E-state index in [1.165, 1.54) is 38.5 Å². The lowest BCUT2D eigenvalue weighted by molar-refractivity contribution is -0.133. The molecule has 0 radical (unpaired) electrons. The molecule has 0 aromatic carbocycles. The molecule has 17 heavy (non-hydrogen) atoms. The molecule has 3 heteroatoms. The van der Waals surface area contributed by atoms with Gasteiger partial charge in [-0.2, -0.15) is 0 Å². The minimum atomic E-state index is 0.435. The second-order valence-corrected chi connectivity index (χ2v) is 6.82. The second kappa shape index (κ2) is 4.91. The number of alkyl halides is 1. The molecule has 2 nitrogen and oxygen atoms in total. The predicted octanol–water partition coefficient (Wildman–Crippen LogP) is 3.20. The summed E-state index contributed by atoms with van der Waals surface area (Å²) in [5.74, 6) is 3.00. The van der Waals surface area contributed by atoms with Crippen molar-refractivity contribution in [3.8, 4) is 0 Å². The summed E-state index contributed by atoms with van der Waals surface area (Å²) in [6, 6.07) is 0.473. The lowest BCUT2D eigenvalue weighted by Gasteiger charge is -2.27. The maximum Gasteiger partial charge on any atom is 0.223 e. The molecule has 0 aromatic heterocycles. The van der Waals surface area contributed by atoms with E-state index in [0.29, 0.717) is 11.9 Å². The molecule has 4 atom stereocenters. The number of hydrogen-bond acceptors (Lipinski definition) is 1. The van der Waals surface area contributed by atoms with Gasteiger partial charge >= 0.3 is 0 Å². The summed E-state index contributed by atoms with van der Waals surface area (Å²) >= 11 is 3.54.